The minimum atomic E-state index is -0.397. The summed E-state index contributed by atoms with van der Waals surface area (Å²) in [6, 6.07) is 14.1. The zero-order chi connectivity index (χ0) is 23.3. The predicted octanol–water partition coefficient (Wildman–Crippen LogP) is 4.56. The number of H-pyrrole nitrogens is 1. The Hall–Kier alpha value is -2.71. The normalized spacial score (nSPS) is 33.2. The Morgan fingerprint density at radius 1 is 0.941 bits per heavy atom. The fourth-order valence-corrected chi connectivity index (χ4v) is 9.90. The zero-order valence-corrected chi connectivity index (χ0v) is 19.9. The molecule has 0 radical (unpaired) electrons. The van der Waals surface area contributed by atoms with E-state index in [1.165, 1.54) is 46.1 Å². The van der Waals surface area contributed by atoms with E-state index in [0.29, 0.717) is 5.69 Å². The van der Waals surface area contributed by atoms with Crippen molar-refractivity contribution in [2.75, 3.05) is 4.90 Å². The second-order valence-corrected chi connectivity index (χ2v) is 12.1. The van der Waals surface area contributed by atoms with Crippen molar-refractivity contribution in [2.45, 2.75) is 29.5 Å². The van der Waals surface area contributed by atoms with Gasteiger partial charge in [-0.15, -0.1) is 11.8 Å². The average molecular weight is 493 g/mol. The highest BCUT2D eigenvalue weighted by Gasteiger charge is 2.69. The maximum Gasteiger partial charge on any atom is 0.305 e. The van der Waals surface area contributed by atoms with Gasteiger partial charge in [0.1, 0.15) is 5.82 Å². The van der Waals surface area contributed by atoms with Gasteiger partial charge in [0.15, 0.2) is 0 Å². The third-order valence-electron chi connectivity index (χ3n) is 8.25. The molecule has 172 valence electrons. The summed E-state index contributed by atoms with van der Waals surface area (Å²) in [5, 5.41) is 1.08. The maximum atomic E-state index is 13.6. The molecule has 8 heteroatoms. The number of aromatic amines is 1. The molecule has 4 aliphatic rings. The van der Waals surface area contributed by atoms with Gasteiger partial charge < -0.3 is 4.98 Å². The lowest BCUT2D eigenvalue weighted by atomic mass is 9.68. The molecular formula is C26H21FN2O3S2. The Morgan fingerprint density at radius 2 is 1.62 bits per heavy atom. The largest absolute Gasteiger partial charge is 0.307 e. The first kappa shape index (κ1) is 20.6. The highest BCUT2D eigenvalue weighted by Crippen LogP contribution is 2.68. The lowest BCUT2D eigenvalue weighted by Gasteiger charge is -2.43. The van der Waals surface area contributed by atoms with Crippen LogP contribution in [0.4, 0.5) is 10.1 Å². The van der Waals surface area contributed by atoms with Gasteiger partial charge in [0.25, 0.3) is 0 Å². The SMILES string of the molecule is Cc1ccc([C@H]2c3sc(=O)[nH]c3S[C@@H]3[C@@H]4C[C@@H]([C@H]5C(=O)N(c6ccc(F)cc6)C(=O)[C@@H]45)[C@H]23)cc1. The molecule has 7 atom stereocenters. The van der Waals surface area contributed by atoms with E-state index in [-0.39, 0.29) is 57.4 Å². The summed E-state index contributed by atoms with van der Waals surface area (Å²) >= 11 is 2.96. The number of imide groups is 1. The summed E-state index contributed by atoms with van der Waals surface area (Å²) in [6.45, 7) is 2.05. The van der Waals surface area contributed by atoms with Gasteiger partial charge in [0.05, 0.1) is 22.5 Å². The van der Waals surface area contributed by atoms with Crippen molar-refractivity contribution in [3.8, 4) is 0 Å². The summed E-state index contributed by atoms with van der Waals surface area (Å²) in [6.07, 6.45) is 0.855. The molecule has 3 heterocycles. The standard InChI is InChI=1S/C26H21FN2O3S2/c1-11-2-4-12(5-3-11)17-18-15-10-16(21(18)33-23-22(17)34-26(32)28-23)20-19(15)24(30)29(25(20)31)14-8-6-13(27)7-9-14/h2-9,15-21H,10H2,1H3,(H,28,32)/t15-,16-,17-,18-,19-,20+,21-/m1/s1. The molecule has 7 rings (SSSR count). The van der Waals surface area contributed by atoms with Crippen molar-refractivity contribution < 1.29 is 14.0 Å². The first-order valence-electron chi connectivity index (χ1n) is 11.5. The zero-order valence-electron chi connectivity index (χ0n) is 18.2. The lowest BCUT2D eigenvalue weighted by molar-refractivity contribution is -0.123. The number of rotatable bonds is 2. The number of halogens is 1. The van der Waals surface area contributed by atoms with Crippen LogP contribution in [-0.2, 0) is 9.59 Å². The van der Waals surface area contributed by atoms with Crippen LogP contribution < -0.4 is 9.77 Å². The Kier molecular flexibility index (Phi) is 4.34. The quantitative estimate of drug-likeness (QED) is 0.533. The number of nitrogens with zero attached hydrogens (tertiary/aromatic N) is 1. The van der Waals surface area contributed by atoms with E-state index in [1.54, 1.807) is 11.8 Å². The van der Waals surface area contributed by atoms with Crippen LogP contribution in [0.5, 0.6) is 0 Å². The number of aryl methyl sites for hydroxylation is 1. The number of aromatic nitrogens is 1. The summed E-state index contributed by atoms with van der Waals surface area (Å²) in [4.78, 5) is 44.8. The Labute approximate surface area is 203 Å². The number of benzene rings is 2. The summed E-state index contributed by atoms with van der Waals surface area (Å²) in [5.41, 5.74) is 2.78. The van der Waals surface area contributed by atoms with Crippen molar-refractivity contribution in [1.82, 2.24) is 4.98 Å². The van der Waals surface area contributed by atoms with Gasteiger partial charge in [-0.3, -0.25) is 19.3 Å². The second-order valence-electron chi connectivity index (χ2n) is 9.86. The highest BCUT2D eigenvalue weighted by molar-refractivity contribution is 8.00. The first-order chi connectivity index (χ1) is 16.4. The van der Waals surface area contributed by atoms with Crippen LogP contribution in [0.25, 0.3) is 0 Å². The van der Waals surface area contributed by atoms with E-state index in [4.69, 9.17) is 0 Å². The van der Waals surface area contributed by atoms with Crippen LogP contribution in [0.1, 0.15) is 28.3 Å². The van der Waals surface area contributed by atoms with E-state index in [1.807, 2.05) is 0 Å². The molecule has 1 aromatic heterocycles. The number of amides is 2. The van der Waals surface area contributed by atoms with Gasteiger partial charge in [-0.2, -0.15) is 0 Å². The molecule has 1 N–H and O–H groups in total. The van der Waals surface area contributed by atoms with Crippen LogP contribution in [0.3, 0.4) is 0 Å². The van der Waals surface area contributed by atoms with Gasteiger partial charge >= 0.3 is 4.87 Å². The van der Waals surface area contributed by atoms with Crippen LogP contribution >= 0.6 is 23.1 Å². The number of carbonyl (C=O) groups is 2. The second kappa shape index (κ2) is 7.15. The fourth-order valence-electron chi connectivity index (χ4n) is 7.01. The van der Waals surface area contributed by atoms with E-state index in [9.17, 15) is 18.8 Å². The fraction of sp³-hybridized carbons (Fsp3) is 0.346. The summed E-state index contributed by atoms with van der Waals surface area (Å²) in [7, 11) is 0. The number of thioether (sulfide) groups is 1. The molecule has 2 bridgehead atoms. The van der Waals surface area contributed by atoms with Crippen LogP contribution in [-0.4, -0.2) is 22.0 Å². The molecule has 3 aromatic rings. The van der Waals surface area contributed by atoms with Gasteiger partial charge in [-0.25, -0.2) is 4.39 Å². The molecule has 2 aromatic carbocycles. The minimum Gasteiger partial charge on any atom is -0.307 e. The molecule has 34 heavy (non-hydrogen) atoms. The summed E-state index contributed by atoms with van der Waals surface area (Å²) < 4.78 is 13.5. The van der Waals surface area contributed by atoms with Crippen LogP contribution in [0.2, 0.25) is 0 Å². The molecule has 3 fully saturated rings. The molecule has 5 nitrogen and oxygen atoms in total. The number of thiazole rings is 1. The molecule has 0 spiro atoms. The third kappa shape index (κ3) is 2.69. The first-order valence-corrected chi connectivity index (χ1v) is 13.2. The van der Waals surface area contributed by atoms with Crippen molar-refractivity contribution >= 4 is 40.6 Å². The maximum absolute atomic E-state index is 13.6. The Balaban J connectivity index is 1.32. The third-order valence-corrected chi connectivity index (χ3v) is 10.8. The number of fused-ring (bicyclic) bond motifs is 9. The molecule has 2 amide bonds. The van der Waals surface area contributed by atoms with Crippen molar-refractivity contribution in [1.29, 1.82) is 0 Å². The van der Waals surface area contributed by atoms with E-state index in [0.717, 1.165) is 21.9 Å². The number of hydrogen-bond donors (Lipinski definition) is 1. The lowest BCUT2D eigenvalue weighted by Crippen LogP contribution is -2.42. The van der Waals surface area contributed by atoms with E-state index < -0.39 is 5.82 Å². The van der Waals surface area contributed by atoms with Gasteiger partial charge in [0, 0.05) is 16.0 Å². The molecule has 2 saturated carbocycles. The average Bonchev–Trinajstić information content (AvgIpc) is 3.54. The van der Waals surface area contributed by atoms with E-state index >= 15 is 0 Å². The Bertz CT molecular complexity index is 1400. The number of carbonyl (C=O) groups excluding carboxylic acids is 2. The van der Waals surface area contributed by atoms with Crippen LogP contribution in [0.15, 0.2) is 58.4 Å². The smallest absolute Gasteiger partial charge is 0.305 e. The topological polar surface area (TPSA) is 70.2 Å². The number of anilines is 1. The van der Waals surface area contributed by atoms with Crippen molar-refractivity contribution in [2.24, 2.45) is 29.6 Å². The van der Waals surface area contributed by atoms with Crippen molar-refractivity contribution in [3.63, 3.8) is 0 Å². The molecular weight excluding hydrogens is 471 g/mol. The van der Waals surface area contributed by atoms with Crippen molar-refractivity contribution in [3.05, 3.63) is 80.0 Å². The number of hydrogen-bond acceptors (Lipinski definition) is 5. The molecule has 0 unspecified atom stereocenters. The monoisotopic (exact) mass is 492 g/mol. The Morgan fingerprint density at radius 3 is 2.32 bits per heavy atom. The summed E-state index contributed by atoms with van der Waals surface area (Å²) in [5.74, 6) is -1.05. The molecule has 2 aliphatic heterocycles. The predicted molar refractivity (Wildman–Crippen MR) is 129 cm³/mol. The van der Waals surface area contributed by atoms with Crippen LogP contribution in [0, 0.1) is 42.3 Å². The van der Waals surface area contributed by atoms with E-state index in [2.05, 4.69) is 36.2 Å². The number of nitrogens with one attached hydrogen (secondary N) is 1. The molecule has 1 saturated heterocycles. The van der Waals surface area contributed by atoms with Gasteiger partial charge in [0.2, 0.25) is 11.8 Å². The minimum absolute atomic E-state index is 0.0320. The van der Waals surface area contributed by atoms with Gasteiger partial charge in [-0.05, 0) is 60.9 Å². The molecule has 2 aliphatic carbocycles. The highest BCUT2D eigenvalue weighted by atomic mass is 32.2. The van der Waals surface area contributed by atoms with Gasteiger partial charge in [-0.1, -0.05) is 41.2 Å².